The highest BCUT2D eigenvalue weighted by Gasteiger charge is 2.39. The number of allylic oxidation sites excluding steroid dienone is 2. The zero-order chi connectivity index (χ0) is 17.4. The highest BCUT2D eigenvalue weighted by atomic mass is 35.5. The first-order valence-corrected chi connectivity index (χ1v) is 9.63. The molecule has 0 bridgehead atoms. The number of hydrogen-bond donors (Lipinski definition) is 2. The maximum atomic E-state index is 12.9. The molecule has 0 aromatic heterocycles. The van der Waals surface area contributed by atoms with Crippen molar-refractivity contribution in [3.05, 3.63) is 46.3 Å². The Bertz CT molecular complexity index is 736. The van der Waals surface area contributed by atoms with Crippen LogP contribution in [0.5, 0.6) is 0 Å². The standard InChI is InChI=1S/C18H22ClN3OS/c1-10(11-3-4-11)22-9-14-5-12(13(8-20)7-16(19)21)6-15(24-2)17(14)18(22)23/h5-8,10-11H,3-4,9,20-21H2,1-2H3/b13-8+,16-7-. The summed E-state index contributed by atoms with van der Waals surface area (Å²) in [7, 11) is 0. The van der Waals surface area contributed by atoms with Crippen LogP contribution >= 0.6 is 23.4 Å². The molecule has 1 aliphatic carbocycles. The molecular weight excluding hydrogens is 342 g/mol. The summed E-state index contributed by atoms with van der Waals surface area (Å²) >= 11 is 7.37. The van der Waals surface area contributed by atoms with Crippen LogP contribution in [0.4, 0.5) is 0 Å². The van der Waals surface area contributed by atoms with E-state index in [4.69, 9.17) is 23.1 Å². The van der Waals surface area contributed by atoms with Gasteiger partial charge in [-0.15, -0.1) is 11.8 Å². The lowest BCUT2D eigenvalue weighted by atomic mass is 10.0. The van der Waals surface area contributed by atoms with Crippen LogP contribution in [0.3, 0.4) is 0 Å². The molecule has 1 unspecified atom stereocenters. The van der Waals surface area contributed by atoms with E-state index < -0.39 is 0 Å². The average Bonchev–Trinajstić information content (AvgIpc) is 3.35. The molecule has 1 amide bonds. The summed E-state index contributed by atoms with van der Waals surface area (Å²) in [5.41, 5.74) is 14.9. The monoisotopic (exact) mass is 363 g/mol. The molecule has 1 aromatic carbocycles. The van der Waals surface area contributed by atoms with Gasteiger partial charge in [-0.25, -0.2) is 0 Å². The van der Waals surface area contributed by atoms with Crippen molar-refractivity contribution in [2.45, 2.75) is 37.2 Å². The van der Waals surface area contributed by atoms with Crippen molar-refractivity contribution in [3.8, 4) is 0 Å². The normalized spacial score (nSPS) is 19.6. The highest BCUT2D eigenvalue weighted by Crippen LogP contribution is 2.41. The van der Waals surface area contributed by atoms with Gasteiger partial charge in [0, 0.05) is 29.3 Å². The molecular formula is C18H22ClN3OS. The number of nitrogens with two attached hydrogens (primary N) is 2. The van der Waals surface area contributed by atoms with Gasteiger partial charge in [-0.1, -0.05) is 11.6 Å². The Hall–Kier alpha value is -1.59. The number of rotatable bonds is 5. The molecule has 1 fully saturated rings. The molecule has 24 heavy (non-hydrogen) atoms. The maximum absolute atomic E-state index is 12.9. The summed E-state index contributed by atoms with van der Waals surface area (Å²) in [6, 6.07) is 4.31. The van der Waals surface area contributed by atoms with Crippen molar-refractivity contribution in [1.29, 1.82) is 0 Å². The van der Waals surface area contributed by atoms with Crippen molar-refractivity contribution in [3.63, 3.8) is 0 Å². The number of amides is 1. The number of halogens is 1. The van der Waals surface area contributed by atoms with Gasteiger partial charge in [-0.05, 0) is 61.3 Å². The van der Waals surface area contributed by atoms with Gasteiger partial charge in [0.15, 0.2) is 0 Å². The zero-order valence-electron chi connectivity index (χ0n) is 13.9. The van der Waals surface area contributed by atoms with Gasteiger partial charge >= 0.3 is 0 Å². The number of hydrogen-bond acceptors (Lipinski definition) is 4. The minimum absolute atomic E-state index is 0.144. The Morgan fingerprint density at radius 2 is 2.17 bits per heavy atom. The quantitative estimate of drug-likeness (QED) is 0.477. The largest absolute Gasteiger partial charge is 0.404 e. The predicted molar refractivity (Wildman–Crippen MR) is 101 cm³/mol. The number of nitrogens with zero attached hydrogens (tertiary/aromatic N) is 1. The van der Waals surface area contributed by atoms with Gasteiger partial charge < -0.3 is 16.4 Å². The predicted octanol–water partition coefficient (Wildman–Crippen LogP) is 3.50. The first-order chi connectivity index (χ1) is 11.5. The third kappa shape index (κ3) is 3.15. The first-order valence-electron chi connectivity index (χ1n) is 8.03. The molecule has 0 radical (unpaired) electrons. The van der Waals surface area contributed by atoms with Crippen LogP contribution < -0.4 is 11.5 Å². The Balaban J connectivity index is 2.01. The van der Waals surface area contributed by atoms with Gasteiger partial charge in [-0.2, -0.15) is 0 Å². The van der Waals surface area contributed by atoms with Crippen molar-refractivity contribution < 1.29 is 4.79 Å². The van der Waals surface area contributed by atoms with E-state index in [0.29, 0.717) is 18.5 Å². The summed E-state index contributed by atoms with van der Waals surface area (Å²) in [5, 5.41) is 0.179. The number of fused-ring (bicyclic) bond motifs is 1. The molecule has 3 rings (SSSR count). The van der Waals surface area contributed by atoms with Crippen LogP contribution in [0.15, 0.2) is 34.5 Å². The molecule has 1 heterocycles. The van der Waals surface area contributed by atoms with Crippen molar-refractivity contribution in [2.24, 2.45) is 17.4 Å². The first kappa shape index (κ1) is 17.2. The Morgan fingerprint density at radius 3 is 2.71 bits per heavy atom. The summed E-state index contributed by atoms with van der Waals surface area (Å²) in [6.07, 6.45) is 7.55. The Labute approximate surface area is 151 Å². The van der Waals surface area contributed by atoms with E-state index in [9.17, 15) is 4.79 Å². The molecule has 1 aliphatic heterocycles. The molecule has 1 atom stereocenters. The van der Waals surface area contributed by atoms with E-state index in [-0.39, 0.29) is 11.1 Å². The molecule has 128 valence electrons. The fourth-order valence-electron chi connectivity index (χ4n) is 3.31. The molecule has 2 aliphatic rings. The average molecular weight is 364 g/mol. The third-order valence-corrected chi connectivity index (χ3v) is 5.69. The summed E-state index contributed by atoms with van der Waals surface area (Å²) < 4.78 is 0. The van der Waals surface area contributed by atoms with E-state index in [2.05, 4.69) is 6.92 Å². The molecule has 1 aromatic rings. The molecule has 0 saturated heterocycles. The second kappa shape index (κ2) is 6.73. The maximum Gasteiger partial charge on any atom is 0.255 e. The van der Waals surface area contributed by atoms with Crippen LogP contribution in [0.1, 0.15) is 41.3 Å². The summed E-state index contributed by atoms with van der Waals surface area (Å²) in [4.78, 5) is 15.9. The lowest BCUT2D eigenvalue weighted by Crippen LogP contribution is -2.34. The molecule has 6 heteroatoms. The van der Waals surface area contributed by atoms with Crippen molar-refractivity contribution >= 4 is 34.8 Å². The second-order valence-electron chi connectivity index (χ2n) is 6.37. The van der Waals surface area contributed by atoms with Gasteiger partial charge in [0.1, 0.15) is 0 Å². The number of benzene rings is 1. The van der Waals surface area contributed by atoms with Crippen molar-refractivity contribution in [1.82, 2.24) is 4.90 Å². The third-order valence-electron chi connectivity index (χ3n) is 4.82. The van der Waals surface area contributed by atoms with E-state index >= 15 is 0 Å². The highest BCUT2D eigenvalue weighted by molar-refractivity contribution is 7.98. The summed E-state index contributed by atoms with van der Waals surface area (Å²) in [6.45, 7) is 2.81. The van der Waals surface area contributed by atoms with Gasteiger partial charge in [0.2, 0.25) is 0 Å². The number of carbonyl (C=O) groups excluding carboxylic acids is 1. The molecule has 0 spiro atoms. The van der Waals surface area contributed by atoms with E-state index in [1.165, 1.54) is 19.0 Å². The topological polar surface area (TPSA) is 72.3 Å². The van der Waals surface area contributed by atoms with Crippen LogP contribution in [0, 0.1) is 5.92 Å². The SMILES string of the molecule is CSc1cc(C(/C=C(\N)Cl)=C/N)cc2c1C(=O)N(C(C)C1CC1)C2. The number of carbonyl (C=O) groups is 1. The van der Waals surface area contributed by atoms with Gasteiger partial charge in [0.25, 0.3) is 5.91 Å². The minimum Gasteiger partial charge on any atom is -0.404 e. The molecule has 1 saturated carbocycles. The van der Waals surface area contributed by atoms with E-state index in [0.717, 1.165) is 27.2 Å². The minimum atomic E-state index is 0.144. The smallest absolute Gasteiger partial charge is 0.255 e. The lowest BCUT2D eigenvalue weighted by molar-refractivity contribution is 0.0695. The fourth-order valence-corrected chi connectivity index (χ4v) is 4.09. The lowest BCUT2D eigenvalue weighted by Gasteiger charge is -2.24. The van der Waals surface area contributed by atoms with E-state index in [1.54, 1.807) is 17.8 Å². The molecule has 4 N–H and O–H groups in total. The number of thioether (sulfide) groups is 1. The van der Waals surface area contributed by atoms with Crippen LogP contribution in [-0.2, 0) is 6.54 Å². The Morgan fingerprint density at radius 1 is 1.46 bits per heavy atom. The van der Waals surface area contributed by atoms with Crippen molar-refractivity contribution in [2.75, 3.05) is 6.26 Å². The zero-order valence-corrected chi connectivity index (χ0v) is 15.5. The summed E-state index contributed by atoms with van der Waals surface area (Å²) in [5.74, 6) is 0.796. The van der Waals surface area contributed by atoms with Crippen LogP contribution in [-0.4, -0.2) is 23.1 Å². The fraction of sp³-hybridized carbons (Fsp3) is 0.389. The molecule has 4 nitrogen and oxygen atoms in total. The van der Waals surface area contributed by atoms with Crippen LogP contribution in [0.2, 0.25) is 0 Å². The second-order valence-corrected chi connectivity index (χ2v) is 7.66. The Kier molecular flexibility index (Phi) is 4.83. The van der Waals surface area contributed by atoms with Gasteiger partial charge in [0.05, 0.1) is 10.7 Å². The van der Waals surface area contributed by atoms with E-state index in [1.807, 2.05) is 23.3 Å². The van der Waals surface area contributed by atoms with Gasteiger partial charge in [-0.3, -0.25) is 4.79 Å². The van der Waals surface area contributed by atoms with Crippen LogP contribution in [0.25, 0.3) is 5.57 Å².